The highest BCUT2D eigenvalue weighted by Gasteiger charge is 2.28. The summed E-state index contributed by atoms with van der Waals surface area (Å²) < 4.78 is 17.1. The zero-order chi connectivity index (χ0) is 19.9. The lowest BCUT2D eigenvalue weighted by Crippen LogP contribution is -2.34. The van der Waals surface area contributed by atoms with Crippen molar-refractivity contribution >= 4 is 16.9 Å². The first-order valence-electron chi connectivity index (χ1n) is 9.99. The van der Waals surface area contributed by atoms with E-state index in [1.165, 1.54) is 0 Å². The van der Waals surface area contributed by atoms with Crippen molar-refractivity contribution in [1.29, 1.82) is 0 Å². The topological polar surface area (TPSA) is 77.8 Å². The van der Waals surface area contributed by atoms with Gasteiger partial charge >= 0.3 is 5.63 Å². The van der Waals surface area contributed by atoms with E-state index in [9.17, 15) is 9.59 Å². The third-order valence-corrected chi connectivity index (χ3v) is 5.74. The molecule has 1 fully saturated rings. The van der Waals surface area contributed by atoms with Gasteiger partial charge in [-0.1, -0.05) is 0 Å². The lowest BCUT2D eigenvalue weighted by Gasteiger charge is -2.32. The van der Waals surface area contributed by atoms with Crippen LogP contribution in [0.1, 0.15) is 49.8 Å². The number of hydrogen-bond donors (Lipinski definition) is 1. The minimum Gasteiger partial charge on any atom is -0.487 e. The van der Waals surface area contributed by atoms with Crippen molar-refractivity contribution < 1.29 is 18.7 Å². The van der Waals surface area contributed by atoms with Crippen LogP contribution in [0.2, 0.25) is 0 Å². The molecule has 1 N–H and O–H groups in total. The summed E-state index contributed by atoms with van der Waals surface area (Å²) in [6.07, 6.45) is 3.92. The van der Waals surface area contributed by atoms with E-state index in [1.807, 2.05) is 13.0 Å². The molecule has 0 aliphatic carbocycles. The van der Waals surface area contributed by atoms with Crippen molar-refractivity contribution in [2.45, 2.75) is 64.6 Å². The van der Waals surface area contributed by atoms with Crippen LogP contribution < -0.4 is 15.7 Å². The zero-order valence-electron chi connectivity index (χ0n) is 16.7. The van der Waals surface area contributed by atoms with E-state index in [2.05, 4.69) is 19.2 Å². The van der Waals surface area contributed by atoms with Crippen LogP contribution in [0.4, 0.5) is 0 Å². The summed E-state index contributed by atoms with van der Waals surface area (Å²) in [6, 6.07) is 3.84. The molecule has 0 spiro atoms. The van der Waals surface area contributed by atoms with Gasteiger partial charge in [0.25, 0.3) is 0 Å². The number of rotatable bonds is 4. The zero-order valence-corrected chi connectivity index (χ0v) is 16.7. The molecule has 1 atom stereocenters. The molecule has 0 bridgehead atoms. The molecule has 2 aliphatic rings. The highest BCUT2D eigenvalue weighted by Crippen LogP contribution is 2.36. The van der Waals surface area contributed by atoms with Crippen molar-refractivity contribution in [3.05, 3.63) is 39.2 Å². The van der Waals surface area contributed by atoms with E-state index in [-0.39, 0.29) is 24.0 Å². The summed E-state index contributed by atoms with van der Waals surface area (Å²) in [7, 11) is 0. The van der Waals surface area contributed by atoms with Crippen LogP contribution in [0.15, 0.2) is 21.3 Å². The fourth-order valence-electron chi connectivity index (χ4n) is 4.00. The molecule has 1 amide bonds. The average molecular weight is 385 g/mol. The number of carbonyl (C=O) groups is 1. The molecular weight excluding hydrogens is 358 g/mol. The highest BCUT2D eigenvalue weighted by molar-refractivity contribution is 5.86. The Morgan fingerprint density at radius 2 is 2.14 bits per heavy atom. The van der Waals surface area contributed by atoms with Crippen molar-refractivity contribution in [2.75, 3.05) is 13.2 Å². The number of ether oxygens (including phenoxy) is 2. The number of carbonyl (C=O) groups excluding carboxylic acids is 1. The molecule has 150 valence electrons. The molecule has 0 radical (unpaired) electrons. The summed E-state index contributed by atoms with van der Waals surface area (Å²) in [5.41, 5.74) is 2.13. The van der Waals surface area contributed by atoms with E-state index in [4.69, 9.17) is 13.9 Å². The molecular formula is C22H27NO5. The lowest BCUT2D eigenvalue weighted by molar-refractivity contribution is -0.121. The smallest absolute Gasteiger partial charge is 0.340 e. The molecule has 28 heavy (non-hydrogen) atoms. The Morgan fingerprint density at radius 3 is 2.89 bits per heavy atom. The monoisotopic (exact) mass is 385 g/mol. The fraction of sp³-hybridized carbons (Fsp3) is 0.545. The first-order valence-corrected chi connectivity index (χ1v) is 9.99. The van der Waals surface area contributed by atoms with Gasteiger partial charge in [-0.05, 0) is 63.6 Å². The second-order valence-electron chi connectivity index (χ2n) is 8.43. The maximum absolute atomic E-state index is 12.5. The molecule has 6 heteroatoms. The molecule has 2 aromatic rings. The van der Waals surface area contributed by atoms with Crippen molar-refractivity contribution in [1.82, 2.24) is 5.32 Å². The van der Waals surface area contributed by atoms with Crippen LogP contribution in [-0.2, 0) is 22.4 Å². The molecule has 0 saturated carbocycles. The Balaban J connectivity index is 1.59. The third kappa shape index (κ3) is 3.78. The summed E-state index contributed by atoms with van der Waals surface area (Å²) in [4.78, 5) is 24.9. The van der Waals surface area contributed by atoms with Crippen LogP contribution in [0.25, 0.3) is 11.0 Å². The highest BCUT2D eigenvalue weighted by atomic mass is 16.5. The summed E-state index contributed by atoms with van der Waals surface area (Å²) in [5, 5.41) is 3.73. The number of nitrogens with one attached hydrogen (secondary N) is 1. The maximum atomic E-state index is 12.5. The molecule has 4 rings (SSSR count). The summed E-state index contributed by atoms with van der Waals surface area (Å²) >= 11 is 0. The summed E-state index contributed by atoms with van der Waals surface area (Å²) in [6.45, 7) is 7.22. The van der Waals surface area contributed by atoms with E-state index in [0.29, 0.717) is 17.7 Å². The molecule has 6 nitrogen and oxygen atoms in total. The van der Waals surface area contributed by atoms with Crippen molar-refractivity contribution in [2.24, 2.45) is 0 Å². The first kappa shape index (κ1) is 19.0. The first-order chi connectivity index (χ1) is 13.3. The summed E-state index contributed by atoms with van der Waals surface area (Å²) in [5.74, 6) is 0.585. The van der Waals surface area contributed by atoms with Gasteiger partial charge in [-0.2, -0.15) is 0 Å². The molecule has 1 saturated heterocycles. The Bertz CT molecular complexity index is 969. The SMILES string of the molecule is Cc1c(CC(=O)NCC2CCCO2)c(=O)oc2cc3c(cc12)CCC(C)(C)O3. The van der Waals surface area contributed by atoms with Crippen molar-refractivity contribution in [3.63, 3.8) is 0 Å². The number of hydrogen-bond acceptors (Lipinski definition) is 5. The normalized spacial score (nSPS) is 20.6. The lowest BCUT2D eigenvalue weighted by atomic mass is 9.92. The number of amides is 1. The van der Waals surface area contributed by atoms with Gasteiger partial charge in [-0.3, -0.25) is 4.79 Å². The van der Waals surface area contributed by atoms with Crippen LogP contribution in [0.5, 0.6) is 5.75 Å². The van der Waals surface area contributed by atoms with Gasteiger partial charge in [0.2, 0.25) is 5.91 Å². The Morgan fingerprint density at radius 1 is 1.32 bits per heavy atom. The second-order valence-corrected chi connectivity index (χ2v) is 8.43. The van der Waals surface area contributed by atoms with Crippen molar-refractivity contribution in [3.8, 4) is 5.75 Å². The quantitative estimate of drug-likeness (QED) is 0.819. The average Bonchev–Trinajstić information content (AvgIpc) is 3.15. The predicted octanol–water partition coefficient (Wildman–Crippen LogP) is 3.04. The Labute approximate surface area is 164 Å². The molecule has 3 heterocycles. The Hall–Kier alpha value is -2.34. The van der Waals surface area contributed by atoms with Crippen LogP contribution in [-0.4, -0.2) is 30.8 Å². The van der Waals surface area contributed by atoms with Crippen LogP contribution in [0, 0.1) is 6.92 Å². The third-order valence-electron chi connectivity index (χ3n) is 5.74. The predicted molar refractivity (Wildman–Crippen MR) is 106 cm³/mol. The van der Waals surface area contributed by atoms with Gasteiger partial charge in [-0.25, -0.2) is 4.79 Å². The number of fused-ring (bicyclic) bond motifs is 2. The molecule has 1 aromatic heterocycles. The van der Waals surface area contributed by atoms with E-state index in [1.54, 1.807) is 6.07 Å². The van der Waals surface area contributed by atoms with Gasteiger partial charge in [0.15, 0.2) is 0 Å². The number of aryl methyl sites for hydroxylation is 2. The maximum Gasteiger partial charge on any atom is 0.340 e. The molecule has 2 aliphatic heterocycles. The van der Waals surface area contributed by atoms with Crippen LogP contribution >= 0.6 is 0 Å². The van der Waals surface area contributed by atoms with E-state index < -0.39 is 5.63 Å². The van der Waals surface area contributed by atoms with Gasteiger partial charge in [0.05, 0.1) is 18.1 Å². The minimum atomic E-state index is -0.465. The van der Waals surface area contributed by atoms with E-state index >= 15 is 0 Å². The van der Waals surface area contributed by atoms with Gasteiger partial charge in [0, 0.05) is 24.6 Å². The largest absolute Gasteiger partial charge is 0.487 e. The molecule has 1 aromatic carbocycles. The van der Waals surface area contributed by atoms with Crippen LogP contribution in [0.3, 0.4) is 0 Å². The van der Waals surface area contributed by atoms with Gasteiger partial charge in [-0.15, -0.1) is 0 Å². The fourth-order valence-corrected chi connectivity index (χ4v) is 4.00. The second kappa shape index (κ2) is 7.24. The Kier molecular flexibility index (Phi) is 4.91. The van der Waals surface area contributed by atoms with Gasteiger partial charge in [0.1, 0.15) is 16.9 Å². The van der Waals surface area contributed by atoms with Gasteiger partial charge < -0.3 is 19.2 Å². The number of benzene rings is 1. The molecule has 1 unspecified atom stereocenters. The standard InChI is InChI=1S/C22H27NO5/c1-13-16-9-14-6-7-22(2,3)28-18(14)11-19(16)27-21(25)17(13)10-20(24)23-12-15-5-4-8-26-15/h9,11,15H,4-8,10,12H2,1-3H3,(H,23,24). The van der Waals surface area contributed by atoms with E-state index in [0.717, 1.165) is 54.6 Å². The minimum absolute atomic E-state index is 0.0114.